The van der Waals surface area contributed by atoms with Crippen LogP contribution in [0.15, 0.2) is 12.2 Å². The Balaban J connectivity index is 2.66. The predicted octanol–water partition coefficient (Wildman–Crippen LogP) is 1.32. The van der Waals surface area contributed by atoms with E-state index in [4.69, 9.17) is 0 Å². The van der Waals surface area contributed by atoms with Crippen LogP contribution in [-0.4, -0.2) is 20.8 Å². The smallest absolute Gasteiger partial charge is 0.266 e. The van der Waals surface area contributed by atoms with Gasteiger partial charge >= 0.3 is 0 Å². The van der Waals surface area contributed by atoms with Gasteiger partial charge in [0.25, 0.3) is 5.91 Å². The van der Waals surface area contributed by atoms with Gasteiger partial charge in [-0.25, -0.2) is 10.4 Å². The molecule has 0 spiro atoms. The average Bonchev–Trinajstić information content (AvgIpc) is 2.45. The highest BCUT2D eigenvalue weighted by Crippen LogP contribution is 2.02. The number of rotatable bonds is 4. The third-order valence-corrected chi connectivity index (χ3v) is 1.96. The van der Waals surface area contributed by atoms with E-state index < -0.39 is 0 Å². The summed E-state index contributed by atoms with van der Waals surface area (Å²) in [5.74, 6) is 1.09. The van der Waals surface area contributed by atoms with E-state index in [1.165, 1.54) is 4.79 Å². The Hall–Kier alpha value is -1.65. The fraction of sp³-hybridized carbons (Fsp3) is 0.500. The normalized spacial score (nSPS) is 10.1. The molecule has 0 atom stereocenters. The SMILES string of the molecule is C=C(CCC)C(=O)Nn1nc(C)nc1C. The first-order valence-electron chi connectivity index (χ1n) is 4.94. The molecule has 0 saturated heterocycles. The number of nitrogens with zero attached hydrogens (tertiary/aromatic N) is 3. The number of carbonyl (C=O) groups is 1. The molecule has 1 aromatic heterocycles. The minimum absolute atomic E-state index is 0.204. The van der Waals surface area contributed by atoms with E-state index in [0.717, 1.165) is 6.42 Å². The van der Waals surface area contributed by atoms with Crippen LogP contribution in [0, 0.1) is 13.8 Å². The summed E-state index contributed by atoms with van der Waals surface area (Å²) >= 11 is 0. The van der Waals surface area contributed by atoms with Crippen LogP contribution in [0.3, 0.4) is 0 Å². The van der Waals surface area contributed by atoms with Crippen molar-refractivity contribution in [2.45, 2.75) is 33.6 Å². The minimum atomic E-state index is -0.204. The van der Waals surface area contributed by atoms with Crippen LogP contribution in [0.1, 0.15) is 31.4 Å². The molecule has 0 saturated carbocycles. The Morgan fingerprint density at radius 2 is 2.20 bits per heavy atom. The highest BCUT2D eigenvalue weighted by molar-refractivity contribution is 5.98. The second-order valence-electron chi connectivity index (χ2n) is 3.41. The first-order valence-corrected chi connectivity index (χ1v) is 4.94. The van der Waals surface area contributed by atoms with Gasteiger partial charge in [-0.1, -0.05) is 19.9 Å². The van der Waals surface area contributed by atoms with E-state index in [1.54, 1.807) is 13.8 Å². The van der Waals surface area contributed by atoms with Crippen LogP contribution >= 0.6 is 0 Å². The summed E-state index contributed by atoms with van der Waals surface area (Å²) in [7, 11) is 0. The van der Waals surface area contributed by atoms with Gasteiger partial charge in [0.15, 0.2) is 0 Å². The number of nitrogens with one attached hydrogen (secondary N) is 1. The van der Waals surface area contributed by atoms with Crippen LogP contribution in [0.2, 0.25) is 0 Å². The van der Waals surface area contributed by atoms with Gasteiger partial charge in [0.05, 0.1) is 0 Å². The summed E-state index contributed by atoms with van der Waals surface area (Å²) in [5, 5.41) is 4.03. The van der Waals surface area contributed by atoms with Crippen molar-refractivity contribution in [3.63, 3.8) is 0 Å². The standard InChI is InChI=1S/C10H16N4O/c1-5-6-7(2)10(15)13-14-9(4)11-8(3)12-14/h2,5-6H2,1,3-4H3,(H,13,15). The third kappa shape index (κ3) is 2.90. The molecule has 0 aromatic carbocycles. The summed E-state index contributed by atoms with van der Waals surface area (Å²) in [6.45, 7) is 9.26. The van der Waals surface area contributed by atoms with Crippen molar-refractivity contribution in [3.8, 4) is 0 Å². The van der Waals surface area contributed by atoms with Crippen molar-refractivity contribution < 1.29 is 4.79 Å². The van der Waals surface area contributed by atoms with Crippen LogP contribution < -0.4 is 5.43 Å². The quantitative estimate of drug-likeness (QED) is 0.759. The number of carbonyl (C=O) groups excluding carboxylic acids is 1. The number of amides is 1. The van der Waals surface area contributed by atoms with Gasteiger partial charge in [0.2, 0.25) is 0 Å². The van der Waals surface area contributed by atoms with Gasteiger partial charge in [0, 0.05) is 5.57 Å². The first kappa shape index (κ1) is 11.4. The van der Waals surface area contributed by atoms with E-state index in [2.05, 4.69) is 22.1 Å². The molecule has 5 nitrogen and oxygen atoms in total. The number of aromatic nitrogens is 3. The highest BCUT2D eigenvalue weighted by atomic mass is 16.2. The Kier molecular flexibility index (Phi) is 3.60. The second-order valence-corrected chi connectivity index (χ2v) is 3.41. The molecule has 1 rings (SSSR count). The summed E-state index contributed by atoms with van der Waals surface area (Å²) in [5.41, 5.74) is 3.18. The molecule has 1 heterocycles. The summed E-state index contributed by atoms with van der Waals surface area (Å²) in [6.07, 6.45) is 1.60. The summed E-state index contributed by atoms with van der Waals surface area (Å²) in [4.78, 5) is 17.0. The van der Waals surface area contributed by atoms with Gasteiger partial charge in [-0.05, 0) is 20.3 Å². The molecule has 5 heteroatoms. The Morgan fingerprint density at radius 1 is 1.53 bits per heavy atom. The van der Waals surface area contributed by atoms with Gasteiger partial charge in [-0.3, -0.25) is 4.79 Å². The molecule has 0 aliphatic carbocycles. The van der Waals surface area contributed by atoms with Crippen LogP contribution in [-0.2, 0) is 4.79 Å². The maximum absolute atomic E-state index is 11.6. The number of hydrogen-bond donors (Lipinski definition) is 1. The highest BCUT2D eigenvalue weighted by Gasteiger charge is 2.09. The van der Waals surface area contributed by atoms with Crippen molar-refractivity contribution in [1.82, 2.24) is 14.9 Å². The van der Waals surface area contributed by atoms with Crippen LogP contribution in [0.25, 0.3) is 0 Å². The Morgan fingerprint density at radius 3 is 2.67 bits per heavy atom. The van der Waals surface area contributed by atoms with Crippen molar-refractivity contribution in [3.05, 3.63) is 23.8 Å². The monoisotopic (exact) mass is 208 g/mol. The molecule has 82 valence electrons. The third-order valence-electron chi connectivity index (χ3n) is 1.96. The average molecular weight is 208 g/mol. The largest absolute Gasteiger partial charge is 0.268 e. The first-order chi connectivity index (χ1) is 7.04. The van der Waals surface area contributed by atoms with Gasteiger partial charge in [-0.2, -0.15) is 4.79 Å². The molecule has 0 bridgehead atoms. The molecule has 0 fully saturated rings. The lowest BCUT2D eigenvalue weighted by atomic mass is 10.2. The minimum Gasteiger partial charge on any atom is -0.268 e. The summed E-state index contributed by atoms with van der Waals surface area (Å²) in [6, 6.07) is 0. The van der Waals surface area contributed by atoms with Crippen molar-refractivity contribution in [2.24, 2.45) is 0 Å². The van der Waals surface area contributed by atoms with Crippen molar-refractivity contribution in [1.29, 1.82) is 0 Å². The van der Waals surface area contributed by atoms with Gasteiger partial charge < -0.3 is 0 Å². The van der Waals surface area contributed by atoms with Crippen LogP contribution in [0.4, 0.5) is 0 Å². The fourth-order valence-electron chi connectivity index (χ4n) is 1.22. The lowest BCUT2D eigenvalue weighted by Crippen LogP contribution is -2.26. The van der Waals surface area contributed by atoms with E-state index in [1.807, 2.05) is 6.92 Å². The molecule has 0 aliphatic rings. The van der Waals surface area contributed by atoms with E-state index in [0.29, 0.717) is 23.6 Å². The molecule has 0 unspecified atom stereocenters. The maximum atomic E-state index is 11.6. The van der Waals surface area contributed by atoms with Crippen molar-refractivity contribution >= 4 is 5.91 Å². The number of hydrogen-bond acceptors (Lipinski definition) is 3. The van der Waals surface area contributed by atoms with E-state index >= 15 is 0 Å². The Bertz CT molecular complexity index is 381. The zero-order valence-corrected chi connectivity index (χ0v) is 9.37. The second kappa shape index (κ2) is 4.72. The molecule has 0 aliphatic heterocycles. The van der Waals surface area contributed by atoms with Gasteiger partial charge in [-0.15, -0.1) is 5.10 Å². The van der Waals surface area contributed by atoms with Crippen molar-refractivity contribution in [2.75, 3.05) is 5.43 Å². The molecule has 0 radical (unpaired) electrons. The zero-order valence-electron chi connectivity index (χ0n) is 9.37. The lowest BCUT2D eigenvalue weighted by molar-refractivity contribution is -0.114. The topological polar surface area (TPSA) is 59.8 Å². The number of aryl methyl sites for hydroxylation is 2. The van der Waals surface area contributed by atoms with Gasteiger partial charge in [0.1, 0.15) is 11.6 Å². The Labute approximate surface area is 89.2 Å². The molecule has 15 heavy (non-hydrogen) atoms. The molecular formula is C10H16N4O. The molecule has 1 aromatic rings. The molecule has 1 amide bonds. The lowest BCUT2D eigenvalue weighted by Gasteiger charge is -2.06. The zero-order chi connectivity index (χ0) is 11.4. The predicted molar refractivity (Wildman–Crippen MR) is 57.9 cm³/mol. The fourth-order valence-corrected chi connectivity index (χ4v) is 1.22. The van der Waals surface area contributed by atoms with Crippen LogP contribution in [0.5, 0.6) is 0 Å². The maximum Gasteiger partial charge on any atom is 0.266 e. The molecule has 1 N–H and O–H groups in total. The molecular weight excluding hydrogens is 192 g/mol. The van der Waals surface area contributed by atoms with E-state index in [-0.39, 0.29) is 5.91 Å². The summed E-state index contributed by atoms with van der Waals surface area (Å²) < 4.78 is 0. The van der Waals surface area contributed by atoms with E-state index in [9.17, 15) is 4.79 Å².